The van der Waals surface area contributed by atoms with Crippen molar-refractivity contribution >= 4 is 11.9 Å². The van der Waals surface area contributed by atoms with Gasteiger partial charge in [-0.3, -0.25) is 9.59 Å². The van der Waals surface area contributed by atoms with Gasteiger partial charge in [-0.25, -0.2) is 0 Å². The van der Waals surface area contributed by atoms with Gasteiger partial charge < -0.3 is 20.3 Å². The van der Waals surface area contributed by atoms with E-state index in [0.717, 1.165) is 83.5 Å². The summed E-state index contributed by atoms with van der Waals surface area (Å²) in [4.78, 5) is 24.6. The molecule has 71 heavy (non-hydrogen) atoms. The molecule has 0 rings (SSSR count). The van der Waals surface area contributed by atoms with Crippen molar-refractivity contribution < 1.29 is 24.5 Å². The number of allylic oxidation sites excluding steroid dienone is 7. The van der Waals surface area contributed by atoms with E-state index in [-0.39, 0.29) is 18.5 Å². The first-order valence-corrected chi connectivity index (χ1v) is 31.4. The molecule has 0 radical (unpaired) electrons. The highest BCUT2D eigenvalue weighted by Gasteiger charge is 2.18. The topological polar surface area (TPSA) is 95.9 Å². The largest absolute Gasteiger partial charge is 0.466 e. The number of hydrogen-bond donors (Lipinski definition) is 3. The first-order valence-electron chi connectivity index (χ1n) is 31.4. The molecule has 2 atom stereocenters. The zero-order valence-electron chi connectivity index (χ0n) is 47.5. The summed E-state index contributed by atoms with van der Waals surface area (Å²) in [5.74, 6) is -0.102. The first kappa shape index (κ1) is 68.8. The fraction of sp³-hybridized carbons (Fsp3) is 0.846. The molecule has 416 valence electrons. The van der Waals surface area contributed by atoms with Crippen LogP contribution in [0.25, 0.3) is 0 Å². The third-order valence-electron chi connectivity index (χ3n) is 14.3. The Balaban J connectivity index is 3.52. The maximum atomic E-state index is 12.5. The summed E-state index contributed by atoms with van der Waals surface area (Å²) in [5, 5.41) is 23.2. The molecule has 2 unspecified atom stereocenters. The molecule has 0 saturated carbocycles. The fourth-order valence-corrected chi connectivity index (χ4v) is 9.48. The molecule has 3 N–H and O–H groups in total. The molecule has 0 aromatic heterocycles. The van der Waals surface area contributed by atoms with Crippen LogP contribution in [-0.2, 0) is 14.3 Å². The van der Waals surface area contributed by atoms with Crippen LogP contribution in [0.1, 0.15) is 328 Å². The van der Waals surface area contributed by atoms with Gasteiger partial charge in [-0.15, -0.1) is 0 Å². The Bertz CT molecular complexity index is 1190. The number of rotatable bonds is 58. The Kier molecular flexibility index (Phi) is 58.5. The molecule has 0 bridgehead atoms. The Morgan fingerprint density at radius 2 is 0.704 bits per heavy atom. The first-order chi connectivity index (χ1) is 35.0. The smallest absolute Gasteiger partial charge is 0.305 e. The highest BCUT2D eigenvalue weighted by atomic mass is 16.5. The van der Waals surface area contributed by atoms with Crippen molar-refractivity contribution in [2.45, 2.75) is 341 Å². The summed E-state index contributed by atoms with van der Waals surface area (Å²) < 4.78 is 5.46. The lowest BCUT2D eigenvalue weighted by molar-refractivity contribution is -0.143. The van der Waals surface area contributed by atoms with Crippen molar-refractivity contribution in [1.82, 2.24) is 5.32 Å². The molecule has 6 heteroatoms. The van der Waals surface area contributed by atoms with Crippen LogP contribution in [0.3, 0.4) is 0 Å². The lowest BCUT2D eigenvalue weighted by Gasteiger charge is -2.20. The average Bonchev–Trinajstić information content (AvgIpc) is 3.37. The van der Waals surface area contributed by atoms with Crippen LogP contribution < -0.4 is 5.32 Å². The van der Waals surface area contributed by atoms with Gasteiger partial charge in [0.15, 0.2) is 0 Å². The van der Waals surface area contributed by atoms with Crippen LogP contribution >= 0.6 is 0 Å². The molecular formula is C65H121NO5. The molecule has 0 saturated heterocycles. The van der Waals surface area contributed by atoms with E-state index >= 15 is 0 Å². The summed E-state index contributed by atoms with van der Waals surface area (Å²) in [6.07, 6.45) is 77.2. The molecule has 0 heterocycles. The standard InChI is InChI=1S/C65H121NO5/c1-3-5-7-9-11-13-15-17-19-21-22-23-26-29-33-37-41-45-49-53-57-63(68)62(61-67)66-64(69)58-54-50-46-42-38-34-30-27-24-28-32-36-40-44-48-52-56-60-71-65(70)59-55-51-47-43-39-35-31-25-20-18-16-14-12-10-8-6-4-2/h18,20,24,28,36,40,53,57,62-63,67-68H,3-17,19,21-23,25-27,29-35,37-39,41-52,54-56,58-61H2,1-2H3,(H,66,69)/b20-18-,28-24-,40-36-,57-53+. The van der Waals surface area contributed by atoms with Gasteiger partial charge in [0.1, 0.15) is 0 Å². The highest BCUT2D eigenvalue weighted by Crippen LogP contribution is 2.17. The monoisotopic (exact) mass is 996 g/mol. The van der Waals surface area contributed by atoms with E-state index in [4.69, 9.17) is 4.74 Å². The molecule has 0 fully saturated rings. The van der Waals surface area contributed by atoms with Gasteiger partial charge >= 0.3 is 5.97 Å². The summed E-state index contributed by atoms with van der Waals surface area (Å²) in [7, 11) is 0. The van der Waals surface area contributed by atoms with Gasteiger partial charge in [0, 0.05) is 12.8 Å². The normalized spacial score (nSPS) is 12.9. The van der Waals surface area contributed by atoms with Crippen LogP contribution in [0.4, 0.5) is 0 Å². The molecule has 0 aromatic carbocycles. The average molecular weight is 997 g/mol. The Morgan fingerprint density at radius 3 is 1.08 bits per heavy atom. The van der Waals surface area contributed by atoms with Crippen molar-refractivity contribution in [3.8, 4) is 0 Å². The number of carbonyl (C=O) groups excluding carboxylic acids is 2. The second-order valence-electron chi connectivity index (χ2n) is 21.4. The molecular weight excluding hydrogens is 875 g/mol. The number of amides is 1. The summed E-state index contributed by atoms with van der Waals surface area (Å²) in [6.45, 7) is 4.87. The number of aliphatic hydroxyl groups is 2. The summed E-state index contributed by atoms with van der Waals surface area (Å²) in [6, 6.07) is -0.642. The van der Waals surface area contributed by atoms with Gasteiger partial charge in [0.25, 0.3) is 0 Å². The van der Waals surface area contributed by atoms with E-state index in [2.05, 4.69) is 55.6 Å². The minimum Gasteiger partial charge on any atom is -0.466 e. The van der Waals surface area contributed by atoms with E-state index in [0.29, 0.717) is 19.4 Å². The van der Waals surface area contributed by atoms with Gasteiger partial charge in [-0.2, -0.15) is 0 Å². The number of nitrogens with one attached hydrogen (secondary N) is 1. The van der Waals surface area contributed by atoms with Gasteiger partial charge in [0.05, 0.1) is 25.4 Å². The van der Waals surface area contributed by atoms with Crippen molar-refractivity contribution in [2.75, 3.05) is 13.2 Å². The van der Waals surface area contributed by atoms with Crippen molar-refractivity contribution in [2.24, 2.45) is 0 Å². The van der Waals surface area contributed by atoms with Crippen LogP contribution in [-0.4, -0.2) is 47.4 Å². The molecule has 0 aliphatic rings. The third-order valence-corrected chi connectivity index (χ3v) is 14.3. The summed E-state index contributed by atoms with van der Waals surface area (Å²) in [5.41, 5.74) is 0. The fourth-order valence-electron chi connectivity index (χ4n) is 9.48. The van der Waals surface area contributed by atoms with Crippen molar-refractivity contribution in [3.63, 3.8) is 0 Å². The Labute approximate surface area is 442 Å². The molecule has 0 aliphatic heterocycles. The van der Waals surface area contributed by atoms with Crippen molar-refractivity contribution in [3.05, 3.63) is 48.6 Å². The lowest BCUT2D eigenvalue weighted by Crippen LogP contribution is -2.45. The van der Waals surface area contributed by atoms with E-state index in [9.17, 15) is 19.8 Å². The Morgan fingerprint density at radius 1 is 0.394 bits per heavy atom. The zero-order valence-corrected chi connectivity index (χ0v) is 47.5. The molecule has 1 amide bonds. The minimum atomic E-state index is -0.857. The van der Waals surface area contributed by atoms with Crippen LogP contribution in [0.15, 0.2) is 48.6 Å². The highest BCUT2D eigenvalue weighted by molar-refractivity contribution is 5.76. The van der Waals surface area contributed by atoms with Crippen LogP contribution in [0.2, 0.25) is 0 Å². The minimum absolute atomic E-state index is 0.0197. The molecule has 0 spiro atoms. The van der Waals surface area contributed by atoms with Crippen LogP contribution in [0, 0.1) is 0 Å². The quantitative estimate of drug-likeness (QED) is 0.0321. The third kappa shape index (κ3) is 57.0. The number of carbonyl (C=O) groups is 2. The van der Waals surface area contributed by atoms with E-state index in [1.165, 1.54) is 218 Å². The lowest BCUT2D eigenvalue weighted by atomic mass is 10.0. The van der Waals surface area contributed by atoms with E-state index in [1.807, 2.05) is 6.08 Å². The second kappa shape index (κ2) is 60.4. The van der Waals surface area contributed by atoms with Gasteiger partial charge in [0.2, 0.25) is 5.91 Å². The second-order valence-corrected chi connectivity index (χ2v) is 21.4. The van der Waals surface area contributed by atoms with Crippen molar-refractivity contribution in [1.29, 1.82) is 0 Å². The predicted octanol–water partition coefficient (Wildman–Crippen LogP) is 19.7. The maximum Gasteiger partial charge on any atom is 0.305 e. The van der Waals surface area contributed by atoms with Gasteiger partial charge in [-0.05, 0) is 96.3 Å². The van der Waals surface area contributed by atoms with E-state index < -0.39 is 12.1 Å². The van der Waals surface area contributed by atoms with E-state index in [1.54, 1.807) is 6.08 Å². The summed E-state index contributed by atoms with van der Waals surface area (Å²) >= 11 is 0. The number of hydrogen-bond acceptors (Lipinski definition) is 5. The predicted molar refractivity (Wildman–Crippen MR) is 310 cm³/mol. The zero-order chi connectivity index (χ0) is 51.4. The number of unbranched alkanes of at least 4 members (excludes halogenated alkanes) is 41. The number of esters is 1. The van der Waals surface area contributed by atoms with Gasteiger partial charge in [-0.1, -0.05) is 268 Å². The molecule has 0 aliphatic carbocycles. The maximum absolute atomic E-state index is 12.5. The Hall–Kier alpha value is -2.18. The van der Waals surface area contributed by atoms with Crippen LogP contribution in [0.5, 0.6) is 0 Å². The SMILES string of the molecule is CCCCCCCC/C=C\CCCCCCCCCC(=O)OCCCCC/C=C\C/C=C\CCCCCCCCCC(=O)NC(CO)C(O)/C=C/CCCCCCCCCCCCCCCCCCCC. The number of ether oxygens (including phenoxy) is 1. The molecule has 6 nitrogen and oxygen atoms in total. The molecule has 0 aromatic rings. The number of aliphatic hydroxyl groups excluding tert-OH is 2.